The Morgan fingerprint density at radius 1 is 1.30 bits per heavy atom. The second-order valence-electron chi connectivity index (χ2n) is 4.56. The number of nitrogens with two attached hydrogens (primary N) is 1. The first-order chi connectivity index (χ1) is 11.1. The number of nitrogen functional groups attached to an aromatic ring is 1. The maximum absolute atomic E-state index is 12.5. The first-order valence-electron chi connectivity index (χ1n) is 6.54. The van der Waals surface area contributed by atoms with E-state index in [0.717, 1.165) is 6.20 Å². The minimum atomic E-state index is -0.399. The lowest BCUT2D eigenvalue weighted by Gasteiger charge is -2.04. The van der Waals surface area contributed by atoms with Crippen LogP contribution in [0.15, 0.2) is 30.6 Å². The number of imidazole rings is 1. The van der Waals surface area contributed by atoms with E-state index in [1.54, 1.807) is 30.2 Å². The summed E-state index contributed by atoms with van der Waals surface area (Å²) < 4.78 is 6.37. The fourth-order valence-corrected chi connectivity index (χ4v) is 2.06. The number of carbonyl (C=O) groups is 1. The summed E-state index contributed by atoms with van der Waals surface area (Å²) in [4.78, 5) is 35.2. The Kier molecular flexibility index (Phi) is 3.58. The van der Waals surface area contributed by atoms with Crippen molar-refractivity contribution in [1.29, 1.82) is 0 Å². The number of anilines is 1. The average Bonchev–Trinajstić information content (AvgIpc) is 2.98. The molecule has 0 aliphatic heterocycles. The van der Waals surface area contributed by atoms with E-state index in [4.69, 9.17) is 10.5 Å². The highest BCUT2D eigenvalue weighted by Gasteiger charge is 2.17. The molecular formula is C15H11N5O3. The number of rotatable bonds is 4. The van der Waals surface area contributed by atoms with E-state index >= 15 is 0 Å². The maximum Gasteiger partial charge on any atom is 0.230 e. The second kappa shape index (κ2) is 5.70. The molecule has 2 aromatic heterocycles. The molecule has 3 aromatic rings. The lowest BCUT2D eigenvalue weighted by atomic mass is 10.1. The Balaban J connectivity index is 2.09. The van der Waals surface area contributed by atoms with Gasteiger partial charge >= 0.3 is 0 Å². The van der Waals surface area contributed by atoms with Crippen molar-refractivity contribution in [3.05, 3.63) is 42.0 Å². The van der Waals surface area contributed by atoms with Gasteiger partial charge in [0.25, 0.3) is 0 Å². The van der Waals surface area contributed by atoms with Crippen molar-refractivity contribution in [2.75, 3.05) is 12.8 Å². The molecular weight excluding hydrogens is 298 g/mol. The number of ketones is 1. The van der Waals surface area contributed by atoms with Crippen LogP contribution in [0.3, 0.4) is 0 Å². The molecule has 1 aromatic carbocycles. The van der Waals surface area contributed by atoms with E-state index in [1.807, 2.05) is 0 Å². The first kappa shape index (κ1) is 14.4. The third-order valence-corrected chi connectivity index (χ3v) is 3.20. The number of nitrogens with zero attached hydrogens (tertiary/aromatic N) is 4. The summed E-state index contributed by atoms with van der Waals surface area (Å²) in [5.74, 6) is 1.83. The van der Waals surface area contributed by atoms with E-state index in [9.17, 15) is 9.59 Å². The molecule has 0 atom stereocenters. The maximum atomic E-state index is 12.5. The van der Waals surface area contributed by atoms with E-state index in [2.05, 4.69) is 15.0 Å². The summed E-state index contributed by atoms with van der Waals surface area (Å²) in [6.45, 7) is 0. The predicted molar refractivity (Wildman–Crippen MR) is 82.6 cm³/mol. The molecule has 2 N–H and O–H groups in total. The number of ether oxygens (including phenoxy) is 1. The van der Waals surface area contributed by atoms with Gasteiger partial charge in [0.15, 0.2) is 17.0 Å². The van der Waals surface area contributed by atoms with Crippen molar-refractivity contribution in [3.8, 4) is 5.75 Å². The molecule has 23 heavy (non-hydrogen) atoms. The molecule has 0 saturated carbocycles. The quantitative estimate of drug-likeness (QED) is 0.564. The lowest BCUT2D eigenvalue weighted by Crippen LogP contribution is -2.10. The van der Waals surface area contributed by atoms with Gasteiger partial charge < -0.3 is 10.5 Å². The molecule has 0 aliphatic carbocycles. The molecule has 0 aliphatic rings. The van der Waals surface area contributed by atoms with Gasteiger partial charge in [0.05, 0.1) is 13.3 Å². The number of aromatic nitrogens is 4. The summed E-state index contributed by atoms with van der Waals surface area (Å²) >= 11 is 0. The van der Waals surface area contributed by atoms with Crippen LogP contribution in [0.4, 0.5) is 5.82 Å². The summed E-state index contributed by atoms with van der Waals surface area (Å²) in [6, 6.07) is 6.53. The van der Waals surface area contributed by atoms with Crippen molar-refractivity contribution in [2.45, 2.75) is 0 Å². The van der Waals surface area contributed by atoms with E-state index < -0.39 is 5.78 Å². The SMILES string of the molecule is COc1ccc(C(=O)c2nc(N)c3ncn(C=C=O)c3n2)cc1. The van der Waals surface area contributed by atoms with Crippen LogP contribution in [-0.2, 0) is 4.79 Å². The number of hydrogen-bond donors (Lipinski definition) is 1. The van der Waals surface area contributed by atoms with Crippen molar-refractivity contribution in [1.82, 2.24) is 19.5 Å². The Morgan fingerprint density at radius 2 is 2.04 bits per heavy atom. The Labute approximate surface area is 130 Å². The molecule has 0 bridgehead atoms. The number of methoxy groups -OCH3 is 1. The summed E-state index contributed by atoms with van der Waals surface area (Å²) in [5.41, 5.74) is 6.78. The molecule has 8 heteroatoms. The van der Waals surface area contributed by atoms with E-state index in [-0.39, 0.29) is 17.3 Å². The monoisotopic (exact) mass is 309 g/mol. The highest BCUT2D eigenvalue weighted by molar-refractivity contribution is 6.07. The minimum absolute atomic E-state index is 0.0601. The zero-order valence-corrected chi connectivity index (χ0v) is 12.1. The van der Waals surface area contributed by atoms with Crippen LogP contribution >= 0.6 is 0 Å². The summed E-state index contributed by atoms with van der Waals surface area (Å²) in [5, 5.41) is 0. The average molecular weight is 309 g/mol. The normalized spacial score (nSPS) is 10.3. The zero-order valence-electron chi connectivity index (χ0n) is 12.1. The summed E-state index contributed by atoms with van der Waals surface area (Å²) in [6.07, 6.45) is 2.45. The van der Waals surface area contributed by atoms with Crippen molar-refractivity contribution < 1.29 is 14.3 Å². The Bertz CT molecular complexity index is 940. The van der Waals surface area contributed by atoms with Crippen LogP contribution in [0.2, 0.25) is 0 Å². The van der Waals surface area contributed by atoms with Crippen LogP contribution in [0.1, 0.15) is 16.2 Å². The highest BCUT2D eigenvalue weighted by Crippen LogP contribution is 2.19. The molecule has 0 fully saturated rings. The third-order valence-electron chi connectivity index (χ3n) is 3.20. The fraction of sp³-hybridized carbons (Fsp3) is 0.0667. The molecule has 114 valence electrons. The van der Waals surface area contributed by atoms with Crippen LogP contribution in [-0.4, -0.2) is 38.4 Å². The van der Waals surface area contributed by atoms with Crippen LogP contribution in [0.25, 0.3) is 17.4 Å². The predicted octanol–water partition coefficient (Wildman–Crippen LogP) is 0.950. The number of fused-ring (bicyclic) bond motifs is 1. The number of benzene rings is 1. The summed E-state index contributed by atoms with van der Waals surface area (Å²) in [7, 11) is 1.54. The number of hydrogen-bond acceptors (Lipinski definition) is 7. The molecule has 3 rings (SSSR count). The van der Waals surface area contributed by atoms with Crippen LogP contribution < -0.4 is 10.5 Å². The highest BCUT2D eigenvalue weighted by atomic mass is 16.5. The molecule has 2 heterocycles. The molecule has 0 saturated heterocycles. The molecule has 0 spiro atoms. The van der Waals surface area contributed by atoms with Crippen molar-refractivity contribution >= 4 is 34.9 Å². The van der Waals surface area contributed by atoms with Gasteiger partial charge in [-0.2, -0.15) is 0 Å². The van der Waals surface area contributed by atoms with E-state index in [1.165, 1.54) is 18.0 Å². The molecule has 0 radical (unpaired) electrons. The zero-order chi connectivity index (χ0) is 16.4. The van der Waals surface area contributed by atoms with Gasteiger partial charge in [0.1, 0.15) is 18.0 Å². The first-order valence-corrected chi connectivity index (χ1v) is 6.54. The minimum Gasteiger partial charge on any atom is -0.497 e. The lowest BCUT2D eigenvalue weighted by molar-refractivity contribution is 0.102. The fourth-order valence-electron chi connectivity index (χ4n) is 2.06. The van der Waals surface area contributed by atoms with Crippen LogP contribution in [0, 0.1) is 0 Å². The van der Waals surface area contributed by atoms with Gasteiger partial charge in [-0.15, -0.1) is 0 Å². The van der Waals surface area contributed by atoms with Crippen molar-refractivity contribution in [3.63, 3.8) is 0 Å². The van der Waals surface area contributed by atoms with Crippen LogP contribution in [0.5, 0.6) is 5.75 Å². The van der Waals surface area contributed by atoms with Gasteiger partial charge in [-0.1, -0.05) is 0 Å². The smallest absolute Gasteiger partial charge is 0.230 e. The third kappa shape index (κ3) is 2.54. The van der Waals surface area contributed by atoms with Crippen molar-refractivity contribution in [2.24, 2.45) is 0 Å². The van der Waals surface area contributed by atoms with Gasteiger partial charge in [0, 0.05) is 5.56 Å². The standard InChI is InChI=1S/C15H11N5O3/c1-23-10-4-2-9(3-5-10)12(22)14-18-13(16)11-15(19-14)20(6-7-21)8-17-11/h2-6,8H,1H3,(H2,16,18,19). The topological polar surface area (TPSA) is 113 Å². The number of carbonyl (C=O) groups excluding carboxylic acids is 2. The van der Waals surface area contributed by atoms with Gasteiger partial charge in [-0.25, -0.2) is 19.7 Å². The Hall–Kier alpha value is -3.51. The Morgan fingerprint density at radius 3 is 2.70 bits per heavy atom. The van der Waals surface area contributed by atoms with Gasteiger partial charge in [-0.05, 0) is 24.3 Å². The molecule has 0 amide bonds. The second-order valence-corrected chi connectivity index (χ2v) is 4.56. The van der Waals surface area contributed by atoms with E-state index in [0.29, 0.717) is 16.8 Å². The van der Waals surface area contributed by atoms with Gasteiger partial charge in [0.2, 0.25) is 11.6 Å². The molecule has 8 nitrogen and oxygen atoms in total. The largest absolute Gasteiger partial charge is 0.497 e. The van der Waals surface area contributed by atoms with Gasteiger partial charge in [-0.3, -0.25) is 9.36 Å². The molecule has 0 unspecified atom stereocenters.